The second kappa shape index (κ2) is 10.7. The molecule has 0 fully saturated rings. The van der Waals surface area contributed by atoms with Gasteiger partial charge in [-0.25, -0.2) is 4.79 Å². The van der Waals surface area contributed by atoms with E-state index in [0.29, 0.717) is 18.9 Å². The van der Waals surface area contributed by atoms with Crippen molar-refractivity contribution in [1.82, 2.24) is 5.32 Å². The molecule has 118 valence electrons. The van der Waals surface area contributed by atoms with Gasteiger partial charge in [0.25, 0.3) is 0 Å². The fraction of sp³-hybridized carbons (Fsp3) is 0.867. The van der Waals surface area contributed by atoms with Gasteiger partial charge in [-0.15, -0.1) is 0 Å². The van der Waals surface area contributed by atoms with E-state index in [9.17, 15) is 9.59 Å². The number of esters is 1. The molecule has 0 bridgehead atoms. The van der Waals surface area contributed by atoms with Crippen LogP contribution in [0.2, 0.25) is 0 Å². The highest BCUT2D eigenvalue weighted by Gasteiger charge is 2.24. The Hall–Kier alpha value is -1.10. The van der Waals surface area contributed by atoms with Crippen LogP contribution in [0.1, 0.15) is 52.9 Å². The Morgan fingerprint density at radius 3 is 2.30 bits per heavy atom. The molecule has 0 rings (SSSR count). The summed E-state index contributed by atoms with van der Waals surface area (Å²) in [6, 6.07) is -0.563. The predicted octanol–water partition coefficient (Wildman–Crippen LogP) is 1.85. The van der Waals surface area contributed by atoms with Crippen molar-refractivity contribution in [3.8, 4) is 0 Å². The van der Waals surface area contributed by atoms with Crippen molar-refractivity contribution < 1.29 is 14.3 Å². The van der Waals surface area contributed by atoms with E-state index in [1.807, 2.05) is 13.8 Å². The monoisotopic (exact) mass is 286 g/mol. The van der Waals surface area contributed by atoms with Crippen LogP contribution < -0.4 is 11.1 Å². The summed E-state index contributed by atoms with van der Waals surface area (Å²) < 4.78 is 4.71. The molecule has 20 heavy (non-hydrogen) atoms. The average Bonchev–Trinajstić information content (AvgIpc) is 2.41. The lowest BCUT2D eigenvalue weighted by molar-refractivity contribution is -0.146. The largest absolute Gasteiger partial charge is 0.467 e. The zero-order valence-electron chi connectivity index (χ0n) is 13.3. The first-order valence-corrected chi connectivity index (χ1v) is 7.53. The lowest BCUT2D eigenvalue weighted by atomic mass is 9.94. The van der Waals surface area contributed by atoms with Crippen LogP contribution in [-0.2, 0) is 14.3 Å². The van der Waals surface area contributed by atoms with Crippen molar-refractivity contribution in [2.45, 2.75) is 58.9 Å². The molecular formula is C15H30N2O3. The summed E-state index contributed by atoms with van der Waals surface area (Å²) in [6.45, 7) is 6.56. The summed E-state index contributed by atoms with van der Waals surface area (Å²) in [5.41, 5.74) is 5.58. The van der Waals surface area contributed by atoms with Gasteiger partial charge >= 0.3 is 5.97 Å². The Balaban J connectivity index is 4.27. The lowest BCUT2D eigenvalue weighted by Crippen LogP contribution is -2.45. The minimum atomic E-state index is -0.563. The van der Waals surface area contributed by atoms with Gasteiger partial charge in [0.15, 0.2) is 0 Å². The van der Waals surface area contributed by atoms with Gasteiger partial charge in [-0.2, -0.15) is 0 Å². The first-order valence-electron chi connectivity index (χ1n) is 7.53. The van der Waals surface area contributed by atoms with Crippen LogP contribution in [0.3, 0.4) is 0 Å². The molecule has 2 atom stereocenters. The number of hydrogen-bond donors (Lipinski definition) is 2. The maximum absolute atomic E-state index is 11.9. The summed E-state index contributed by atoms with van der Waals surface area (Å²) in [5.74, 6) is 0.0286. The first kappa shape index (κ1) is 18.9. The van der Waals surface area contributed by atoms with E-state index >= 15 is 0 Å². The van der Waals surface area contributed by atoms with Gasteiger partial charge < -0.3 is 15.8 Å². The molecule has 3 N–H and O–H groups in total. The Morgan fingerprint density at radius 1 is 1.20 bits per heavy atom. The lowest BCUT2D eigenvalue weighted by Gasteiger charge is -2.20. The second-order valence-electron chi connectivity index (χ2n) is 5.58. The molecule has 1 amide bonds. The molecule has 0 saturated heterocycles. The molecule has 0 radical (unpaired) electrons. The normalized spacial score (nSPS) is 13.9. The SMILES string of the molecule is CCCC(CCN)CCC(=O)NC(C(=O)OC)C(C)C. The number of amides is 1. The van der Waals surface area contributed by atoms with Gasteiger partial charge in [-0.05, 0) is 31.2 Å². The molecule has 2 unspecified atom stereocenters. The van der Waals surface area contributed by atoms with Gasteiger partial charge in [0.2, 0.25) is 5.91 Å². The number of carbonyl (C=O) groups is 2. The van der Waals surface area contributed by atoms with E-state index in [4.69, 9.17) is 10.5 Å². The van der Waals surface area contributed by atoms with E-state index < -0.39 is 6.04 Å². The third kappa shape index (κ3) is 7.48. The highest BCUT2D eigenvalue weighted by atomic mass is 16.5. The van der Waals surface area contributed by atoms with Crippen molar-refractivity contribution in [1.29, 1.82) is 0 Å². The Labute approximate surface area is 122 Å². The van der Waals surface area contributed by atoms with Crippen molar-refractivity contribution in [3.05, 3.63) is 0 Å². The summed E-state index contributed by atoms with van der Waals surface area (Å²) in [6.07, 6.45) is 4.40. The minimum absolute atomic E-state index is 0.0156. The number of hydrogen-bond acceptors (Lipinski definition) is 4. The average molecular weight is 286 g/mol. The summed E-state index contributed by atoms with van der Waals surface area (Å²) in [4.78, 5) is 23.5. The van der Waals surface area contributed by atoms with Crippen LogP contribution in [0.4, 0.5) is 0 Å². The zero-order chi connectivity index (χ0) is 15.5. The fourth-order valence-corrected chi connectivity index (χ4v) is 2.28. The van der Waals surface area contributed by atoms with Crippen molar-refractivity contribution in [2.75, 3.05) is 13.7 Å². The first-order chi connectivity index (χ1) is 9.46. The maximum Gasteiger partial charge on any atom is 0.328 e. The van der Waals surface area contributed by atoms with Crippen LogP contribution in [-0.4, -0.2) is 31.6 Å². The highest BCUT2D eigenvalue weighted by molar-refractivity contribution is 5.84. The molecule has 0 aliphatic carbocycles. The van der Waals surface area contributed by atoms with Crippen molar-refractivity contribution >= 4 is 11.9 Å². The minimum Gasteiger partial charge on any atom is -0.467 e. The summed E-state index contributed by atoms with van der Waals surface area (Å²) in [7, 11) is 1.34. The third-order valence-corrected chi connectivity index (χ3v) is 3.49. The van der Waals surface area contributed by atoms with Crippen LogP contribution in [0.5, 0.6) is 0 Å². The van der Waals surface area contributed by atoms with Gasteiger partial charge in [0.1, 0.15) is 6.04 Å². The molecule has 0 aromatic carbocycles. The van der Waals surface area contributed by atoms with Gasteiger partial charge in [0.05, 0.1) is 7.11 Å². The summed E-state index contributed by atoms with van der Waals surface area (Å²) >= 11 is 0. The topological polar surface area (TPSA) is 81.4 Å². The van der Waals surface area contributed by atoms with Crippen LogP contribution in [0, 0.1) is 11.8 Å². The Bertz CT molecular complexity index is 287. The van der Waals surface area contributed by atoms with E-state index in [2.05, 4.69) is 12.2 Å². The number of ether oxygens (including phenoxy) is 1. The molecule has 0 spiro atoms. The third-order valence-electron chi connectivity index (χ3n) is 3.49. The van der Waals surface area contributed by atoms with E-state index in [1.165, 1.54) is 7.11 Å². The maximum atomic E-state index is 11.9. The Morgan fingerprint density at radius 2 is 1.85 bits per heavy atom. The zero-order valence-corrected chi connectivity index (χ0v) is 13.3. The number of nitrogens with one attached hydrogen (secondary N) is 1. The van der Waals surface area contributed by atoms with Crippen LogP contribution >= 0.6 is 0 Å². The standard InChI is InChI=1S/C15H30N2O3/c1-5-6-12(9-10-16)7-8-13(18)17-14(11(2)3)15(19)20-4/h11-12,14H,5-10,16H2,1-4H3,(H,17,18). The smallest absolute Gasteiger partial charge is 0.328 e. The number of rotatable bonds is 10. The molecule has 5 heteroatoms. The quantitative estimate of drug-likeness (QED) is 0.600. The number of nitrogens with two attached hydrogens (primary N) is 1. The number of carbonyl (C=O) groups excluding carboxylic acids is 2. The van der Waals surface area contributed by atoms with Gasteiger partial charge in [-0.1, -0.05) is 33.6 Å². The van der Waals surface area contributed by atoms with Gasteiger partial charge in [-0.3, -0.25) is 4.79 Å². The molecule has 0 aliphatic heterocycles. The fourth-order valence-electron chi connectivity index (χ4n) is 2.28. The Kier molecular flexibility index (Phi) is 10.1. The van der Waals surface area contributed by atoms with E-state index in [-0.39, 0.29) is 17.8 Å². The predicted molar refractivity (Wildman–Crippen MR) is 80.1 cm³/mol. The van der Waals surface area contributed by atoms with E-state index in [1.54, 1.807) is 0 Å². The molecule has 5 nitrogen and oxygen atoms in total. The molecular weight excluding hydrogens is 256 g/mol. The molecule has 0 aliphatic rings. The number of methoxy groups -OCH3 is 1. The molecule has 0 heterocycles. The summed E-state index contributed by atoms with van der Waals surface area (Å²) in [5, 5.41) is 2.76. The molecule has 0 aromatic rings. The molecule has 0 aromatic heterocycles. The second-order valence-corrected chi connectivity index (χ2v) is 5.58. The van der Waals surface area contributed by atoms with Crippen molar-refractivity contribution in [3.63, 3.8) is 0 Å². The highest BCUT2D eigenvalue weighted by Crippen LogP contribution is 2.17. The van der Waals surface area contributed by atoms with Crippen molar-refractivity contribution in [2.24, 2.45) is 17.6 Å². The van der Waals surface area contributed by atoms with Gasteiger partial charge in [0, 0.05) is 6.42 Å². The molecule has 0 saturated carbocycles. The van der Waals surface area contributed by atoms with Crippen LogP contribution in [0.15, 0.2) is 0 Å². The van der Waals surface area contributed by atoms with E-state index in [0.717, 1.165) is 25.7 Å². The van der Waals surface area contributed by atoms with Crippen LogP contribution in [0.25, 0.3) is 0 Å².